The van der Waals surface area contributed by atoms with Crippen LogP contribution in [0.15, 0.2) is 74.5 Å². The molecule has 31 heavy (non-hydrogen) atoms. The zero-order valence-corrected chi connectivity index (χ0v) is 17.9. The van der Waals surface area contributed by atoms with Crippen molar-refractivity contribution in [3.8, 4) is 17.1 Å². The number of hydrogen-bond acceptors (Lipinski definition) is 7. The standard InChI is InChI=1S/C22H15FN4O2S2/c1-13-3-2-4-14(11-13)20-25-18(29-26-20)12-31-22-24-17-9-10-30-19(17)21(28)27(22)16-7-5-15(23)6-8-16/h2-11H,12H2,1H3. The van der Waals surface area contributed by atoms with Gasteiger partial charge in [-0.15, -0.1) is 11.3 Å². The lowest BCUT2D eigenvalue weighted by molar-refractivity contribution is 0.391. The Labute approximate surface area is 184 Å². The summed E-state index contributed by atoms with van der Waals surface area (Å²) in [4.78, 5) is 22.2. The van der Waals surface area contributed by atoms with Crippen LogP contribution in [0.1, 0.15) is 11.5 Å². The van der Waals surface area contributed by atoms with Crippen molar-refractivity contribution in [1.82, 2.24) is 19.7 Å². The Hall–Kier alpha value is -3.30. The second-order valence-corrected chi connectivity index (χ2v) is 8.67. The summed E-state index contributed by atoms with van der Waals surface area (Å²) in [6, 6.07) is 15.4. The fourth-order valence-corrected chi connectivity index (χ4v) is 4.76. The highest BCUT2D eigenvalue weighted by atomic mass is 32.2. The van der Waals surface area contributed by atoms with Gasteiger partial charge in [0.05, 0.1) is 17.0 Å². The van der Waals surface area contributed by atoms with Crippen LogP contribution >= 0.6 is 23.1 Å². The lowest BCUT2D eigenvalue weighted by atomic mass is 10.1. The van der Waals surface area contributed by atoms with Crippen molar-refractivity contribution in [2.75, 3.05) is 0 Å². The summed E-state index contributed by atoms with van der Waals surface area (Å²) in [5, 5.41) is 6.36. The summed E-state index contributed by atoms with van der Waals surface area (Å²) in [6.45, 7) is 2.00. The highest BCUT2D eigenvalue weighted by Crippen LogP contribution is 2.27. The maximum absolute atomic E-state index is 13.4. The molecule has 0 bridgehead atoms. The molecule has 0 aliphatic heterocycles. The second kappa shape index (κ2) is 8.09. The molecule has 9 heteroatoms. The van der Waals surface area contributed by atoms with Crippen LogP contribution in [0.25, 0.3) is 27.3 Å². The predicted molar refractivity (Wildman–Crippen MR) is 119 cm³/mol. The van der Waals surface area contributed by atoms with Gasteiger partial charge in [0.25, 0.3) is 5.56 Å². The molecule has 0 aliphatic rings. The van der Waals surface area contributed by atoms with E-state index in [0.717, 1.165) is 11.1 Å². The number of aryl methyl sites for hydroxylation is 1. The minimum atomic E-state index is -0.370. The predicted octanol–water partition coefficient (Wildman–Crippen LogP) is 5.24. The molecule has 154 valence electrons. The van der Waals surface area contributed by atoms with Crippen LogP contribution in [0.4, 0.5) is 4.39 Å². The number of benzene rings is 2. The van der Waals surface area contributed by atoms with E-state index in [2.05, 4.69) is 15.1 Å². The molecule has 3 heterocycles. The summed E-state index contributed by atoms with van der Waals surface area (Å²) in [5.41, 5.74) is 2.96. The van der Waals surface area contributed by atoms with Crippen molar-refractivity contribution in [2.24, 2.45) is 0 Å². The molecule has 0 aliphatic carbocycles. The molecule has 5 aromatic rings. The molecule has 2 aromatic carbocycles. The number of nitrogens with zero attached hydrogens (tertiary/aromatic N) is 4. The second-order valence-electron chi connectivity index (χ2n) is 6.82. The molecule has 0 fully saturated rings. The first-order valence-corrected chi connectivity index (χ1v) is 11.2. The number of fused-ring (bicyclic) bond motifs is 1. The summed E-state index contributed by atoms with van der Waals surface area (Å²) < 4.78 is 20.8. The topological polar surface area (TPSA) is 73.8 Å². The lowest BCUT2D eigenvalue weighted by Crippen LogP contribution is -2.20. The quantitative estimate of drug-likeness (QED) is 0.269. The van der Waals surface area contributed by atoms with Gasteiger partial charge in [0.2, 0.25) is 11.7 Å². The van der Waals surface area contributed by atoms with E-state index < -0.39 is 0 Å². The maximum atomic E-state index is 13.4. The molecule has 0 radical (unpaired) electrons. The first-order chi connectivity index (χ1) is 15.1. The number of aromatic nitrogens is 4. The van der Waals surface area contributed by atoms with Crippen LogP contribution in [0.5, 0.6) is 0 Å². The van der Waals surface area contributed by atoms with E-state index in [-0.39, 0.29) is 11.4 Å². The number of thioether (sulfide) groups is 1. The van der Waals surface area contributed by atoms with Crippen LogP contribution in [-0.4, -0.2) is 19.7 Å². The summed E-state index contributed by atoms with van der Waals surface area (Å²) >= 11 is 2.64. The smallest absolute Gasteiger partial charge is 0.276 e. The molecule has 0 atom stereocenters. The zero-order valence-electron chi connectivity index (χ0n) is 16.3. The van der Waals surface area contributed by atoms with E-state index in [9.17, 15) is 9.18 Å². The van der Waals surface area contributed by atoms with Gasteiger partial charge in [0.15, 0.2) is 5.16 Å². The monoisotopic (exact) mass is 450 g/mol. The van der Waals surface area contributed by atoms with Gasteiger partial charge in [-0.05, 0) is 48.7 Å². The Morgan fingerprint density at radius 1 is 1.13 bits per heavy atom. The van der Waals surface area contributed by atoms with E-state index in [1.807, 2.05) is 42.6 Å². The molecule has 0 spiro atoms. The SMILES string of the molecule is Cc1cccc(-c2noc(CSc3nc4ccsc4c(=O)n3-c3ccc(F)cc3)n2)c1. The Morgan fingerprint density at radius 3 is 2.77 bits per heavy atom. The van der Waals surface area contributed by atoms with Crippen LogP contribution in [0, 0.1) is 12.7 Å². The number of halogens is 1. The van der Waals surface area contributed by atoms with Gasteiger partial charge in [-0.1, -0.05) is 40.7 Å². The van der Waals surface area contributed by atoms with Crippen molar-refractivity contribution in [3.05, 3.63) is 87.6 Å². The summed E-state index contributed by atoms with van der Waals surface area (Å²) in [7, 11) is 0. The van der Waals surface area contributed by atoms with Crippen molar-refractivity contribution in [1.29, 1.82) is 0 Å². The van der Waals surface area contributed by atoms with Gasteiger partial charge in [-0.25, -0.2) is 9.37 Å². The van der Waals surface area contributed by atoms with E-state index in [1.54, 1.807) is 12.1 Å². The maximum Gasteiger partial charge on any atom is 0.276 e. The van der Waals surface area contributed by atoms with Crippen molar-refractivity contribution >= 4 is 33.3 Å². The highest BCUT2D eigenvalue weighted by molar-refractivity contribution is 7.98. The van der Waals surface area contributed by atoms with E-state index in [0.29, 0.717) is 38.5 Å². The third kappa shape index (κ3) is 3.89. The molecular formula is C22H15FN4O2S2. The molecule has 5 rings (SSSR count). The fourth-order valence-electron chi connectivity index (χ4n) is 3.15. The molecule has 0 saturated carbocycles. The minimum absolute atomic E-state index is 0.194. The minimum Gasteiger partial charge on any atom is -0.338 e. The van der Waals surface area contributed by atoms with Gasteiger partial charge in [-0.2, -0.15) is 4.98 Å². The summed E-state index contributed by atoms with van der Waals surface area (Å²) in [5.74, 6) is 0.899. The average molecular weight is 451 g/mol. The van der Waals surface area contributed by atoms with Gasteiger partial charge >= 0.3 is 0 Å². The van der Waals surface area contributed by atoms with Crippen LogP contribution < -0.4 is 5.56 Å². The average Bonchev–Trinajstić information content (AvgIpc) is 3.43. The molecule has 0 amide bonds. The largest absolute Gasteiger partial charge is 0.338 e. The molecule has 3 aromatic heterocycles. The number of thiophene rings is 1. The van der Waals surface area contributed by atoms with Crippen LogP contribution in [0.3, 0.4) is 0 Å². The number of rotatable bonds is 5. The van der Waals surface area contributed by atoms with Crippen molar-refractivity contribution < 1.29 is 8.91 Å². The third-order valence-corrected chi connectivity index (χ3v) is 6.42. The van der Waals surface area contributed by atoms with Gasteiger partial charge in [-0.3, -0.25) is 9.36 Å². The van der Waals surface area contributed by atoms with E-state index >= 15 is 0 Å². The Balaban J connectivity index is 1.49. The van der Waals surface area contributed by atoms with Crippen LogP contribution in [-0.2, 0) is 5.75 Å². The highest BCUT2D eigenvalue weighted by Gasteiger charge is 2.16. The molecular weight excluding hydrogens is 435 g/mol. The van der Waals surface area contributed by atoms with E-state index in [1.165, 1.54) is 39.8 Å². The van der Waals surface area contributed by atoms with Crippen molar-refractivity contribution in [2.45, 2.75) is 17.8 Å². The Bertz CT molecular complexity index is 1440. The van der Waals surface area contributed by atoms with Gasteiger partial charge in [0, 0.05) is 5.56 Å². The van der Waals surface area contributed by atoms with Crippen LogP contribution in [0.2, 0.25) is 0 Å². The summed E-state index contributed by atoms with van der Waals surface area (Å²) in [6.07, 6.45) is 0. The molecule has 0 saturated heterocycles. The van der Waals surface area contributed by atoms with Crippen molar-refractivity contribution in [3.63, 3.8) is 0 Å². The third-order valence-electron chi connectivity index (χ3n) is 4.60. The first kappa shape index (κ1) is 19.7. The van der Waals surface area contributed by atoms with E-state index in [4.69, 9.17) is 4.52 Å². The molecule has 0 unspecified atom stereocenters. The van der Waals surface area contributed by atoms with Gasteiger partial charge in [0.1, 0.15) is 10.5 Å². The molecule has 0 N–H and O–H groups in total. The number of hydrogen-bond donors (Lipinski definition) is 0. The normalized spacial score (nSPS) is 11.3. The Kier molecular flexibility index (Phi) is 5.13. The molecule has 6 nitrogen and oxygen atoms in total. The zero-order chi connectivity index (χ0) is 21.4. The fraction of sp³-hybridized carbons (Fsp3) is 0.0909. The van der Waals surface area contributed by atoms with Gasteiger partial charge < -0.3 is 4.52 Å². The first-order valence-electron chi connectivity index (χ1n) is 9.37. The lowest BCUT2D eigenvalue weighted by Gasteiger charge is -2.11. The Morgan fingerprint density at radius 2 is 1.97 bits per heavy atom.